The number of carbonyl (C=O) groups excluding carboxylic acids is 1. The molecule has 144 valence electrons. The van der Waals surface area contributed by atoms with Gasteiger partial charge in [0.25, 0.3) is 0 Å². The van der Waals surface area contributed by atoms with E-state index in [-0.39, 0.29) is 25.2 Å². The molecule has 0 saturated heterocycles. The summed E-state index contributed by atoms with van der Waals surface area (Å²) in [5.74, 6) is -3.37. The van der Waals surface area contributed by atoms with Gasteiger partial charge in [-0.25, -0.2) is 4.79 Å². The highest BCUT2D eigenvalue weighted by atomic mass is 32.2. The minimum absolute atomic E-state index is 0.0498. The van der Waals surface area contributed by atoms with E-state index in [1.165, 1.54) is 6.92 Å². The van der Waals surface area contributed by atoms with Crippen LogP contribution in [-0.2, 0) is 18.9 Å². The first-order valence-corrected chi connectivity index (χ1v) is 8.50. The lowest BCUT2D eigenvalue weighted by Gasteiger charge is -2.63. The Morgan fingerprint density at radius 2 is 1.68 bits per heavy atom. The van der Waals surface area contributed by atoms with Crippen molar-refractivity contribution in [2.45, 2.75) is 56.1 Å². The predicted molar refractivity (Wildman–Crippen MR) is 71.2 cm³/mol. The van der Waals surface area contributed by atoms with Crippen LogP contribution in [0.5, 0.6) is 0 Å². The molecule has 2 atom stereocenters. The molecule has 25 heavy (non-hydrogen) atoms. The summed E-state index contributed by atoms with van der Waals surface area (Å²) in [6.45, 7) is 1.42. The number of halogens is 5. The molecule has 0 spiro atoms. The molecule has 0 aliphatic heterocycles. The Labute approximate surface area is 144 Å². The summed E-state index contributed by atoms with van der Waals surface area (Å²) >= 11 is -0.808. The highest BCUT2D eigenvalue weighted by Crippen LogP contribution is 2.68. The lowest BCUT2D eigenvalue weighted by molar-refractivity contribution is -0.777. The molecule has 4 aliphatic carbocycles. The standard InChI is InChI=1S/C14H17F5O5S/c1-11(22-10(20)13(15,16)25-24-23-21)8-2-7-3-9(11)6-12(4-7,5-8)14(17,18)19/h7-9,21H,2-6H2,1H3/p-1. The summed E-state index contributed by atoms with van der Waals surface area (Å²) in [6.07, 6.45) is -3.95. The minimum atomic E-state index is -4.37. The molecule has 5 nitrogen and oxygen atoms in total. The third kappa shape index (κ3) is 3.02. The molecule has 4 saturated carbocycles. The van der Waals surface area contributed by atoms with Crippen LogP contribution in [0.4, 0.5) is 22.0 Å². The molecule has 2 unspecified atom stereocenters. The van der Waals surface area contributed by atoms with Gasteiger partial charge in [-0.3, -0.25) is 5.04 Å². The van der Waals surface area contributed by atoms with Crippen LogP contribution in [0.3, 0.4) is 0 Å². The third-order valence-corrected chi connectivity index (χ3v) is 6.63. The Morgan fingerprint density at radius 1 is 1.12 bits per heavy atom. The molecule has 0 heterocycles. The molecule has 4 aliphatic rings. The lowest BCUT2D eigenvalue weighted by atomic mass is 9.44. The van der Waals surface area contributed by atoms with E-state index in [0.717, 1.165) is 0 Å². The quantitative estimate of drug-likeness (QED) is 0.236. The number of rotatable bonds is 5. The van der Waals surface area contributed by atoms with Crippen LogP contribution in [-0.4, -0.2) is 23.0 Å². The van der Waals surface area contributed by atoms with Crippen molar-refractivity contribution < 1.29 is 46.1 Å². The van der Waals surface area contributed by atoms with Gasteiger partial charge in [-0.1, -0.05) is 0 Å². The first-order chi connectivity index (χ1) is 11.4. The van der Waals surface area contributed by atoms with Gasteiger partial charge >= 0.3 is 17.4 Å². The fraction of sp³-hybridized carbons (Fsp3) is 0.929. The topological polar surface area (TPSA) is 67.8 Å². The van der Waals surface area contributed by atoms with Gasteiger partial charge in [0.2, 0.25) is 0 Å². The van der Waals surface area contributed by atoms with Crippen LogP contribution in [0.25, 0.3) is 0 Å². The normalized spacial score (nSPS) is 40.4. The average molecular weight is 391 g/mol. The minimum Gasteiger partial charge on any atom is -0.691 e. The summed E-state index contributed by atoms with van der Waals surface area (Å²) < 4.78 is 76.4. The Morgan fingerprint density at radius 3 is 2.16 bits per heavy atom. The number of hydrogen-bond donors (Lipinski definition) is 0. The predicted octanol–water partition coefficient (Wildman–Crippen LogP) is 3.14. The maximum atomic E-state index is 13.6. The molecular formula is C14H16F5O5S-. The zero-order chi connectivity index (χ0) is 18.7. The van der Waals surface area contributed by atoms with Gasteiger partial charge in [0, 0.05) is 0 Å². The monoisotopic (exact) mass is 391 g/mol. The number of carbonyl (C=O) groups is 1. The summed E-state index contributed by atoms with van der Waals surface area (Å²) in [7, 11) is 0. The zero-order valence-electron chi connectivity index (χ0n) is 13.1. The van der Waals surface area contributed by atoms with Gasteiger partial charge in [-0.15, -0.1) is 0 Å². The van der Waals surface area contributed by atoms with Crippen molar-refractivity contribution in [3.8, 4) is 0 Å². The second kappa shape index (κ2) is 5.93. The second-order valence-corrected chi connectivity index (χ2v) is 8.25. The zero-order valence-corrected chi connectivity index (χ0v) is 13.9. The van der Waals surface area contributed by atoms with Gasteiger partial charge in [0.1, 0.15) is 17.6 Å². The molecule has 0 aromatic rings. The Bertz CT molecular complexity index is 538. The molecule has 0 aromatic carbocycles. The maximum Gasteiger partial charge on any atom is 0.415 e. The third-order valence-electron chi connectivity index (χ3n) is 6.13. The first kappa shape index (κ1) is 19.1. The fourth-order valence-electron chi connectivity index (χ4n) is 5.05. The highest BCUT2D eigenvalue weighted by molar-refractivity contribution is 7.96. The molecule has 4 rings (SSSR count). The smallest absolute Gasteiger partial charge is 0.415 e. The summed E-state index contributed by atoms with van der Waals surface area (Å²) in [4.78, 5) is 11.8. The molecular weight excluding hydrogens is 375 g/mol. The van der Waals surface area contributed by atoms with Crippen molar-refractivity contribution in [2.24, 2.45) is 23.2 Å². The van der Waals surface area contributed by atoms with Crippen LogP contribution in [0, 0.1) is 23.2 Å². The van der Waals surface area contributed by atoms with E-state index in [2.05, 4.69) is 9.37 Å². The largest absolute Gasteiger partial charge is 0.691 e. The average Bonchev–Trinajstić information content (AvgIpc) is 2.49. The van der Waals surface area contributed by atoms with Gasteiger partial charge in [-0.05, 0) is 56.8 Å². The van der Waals surface area contributed by atoms with E-state index < -0.39 is 52.3 Å². The van der Waals surface area contributed by atoms with Crippen LogP contribution in [0.15, 0.2) is 0 Å². The van der Waals surface area contributed by atoms with Crippen molar-refractivity contribution in [3.63, 3.8) is 0 Å². The summed E-state index contributed by atoms with van der Waals surface area (Å²) in [6, 6.07) is 0. The molecule has 0 N–H and O–H groups in total. The van der Waals surface area contributed by atoms with E-state index in [4.69, 9.17) is 4.74 Å². The molecule has 11 heteroatoms. The van der Waals surface area contributed by atoms with Gasteiger partial charge in [0.05, 0.1) is 5.41 Å². The molecule has 4 bridgehead atoms. The molecule has 4 fully saturated rings. The van der Waals surface area contributed by atoms with E-state index in [9.17, 15) is 32.0 Å². The molecule has 0 amide bonds. The highest BCUT2D eigenvalue weighted by Gasteiger charge is 2.70. The van der Waals surface area contributed by atoms with Crippen molar-refractivity contribution in [1.29, 1.82) is 0 Å². The van der Waals surface area contributed by atoms with Crippen molar-refractivity contribution in [2.75, 3.05) is 0 Å². The SMILES string of the molecule is CC1(OC(=O)C(F)(F)SOO[O-])C2CC3CC1CC(C(F)(F)F)(C3)C2. The Hall–Kier alpha value is -0.650. The lowest BCUT2D eigenvalue weighted by Crippen LogP contribution is -2.64. The van der Waals surface area contributed by atoms with Crippen molar-refractivity contribution in [1.82, 2.24) is 0 Å². The van der Waals surface area contributed by atoms with E-state index >= 15 is 0 Å². The van der Waals surface area contributed by atoms with E-state index in [1.54, 1.807) is 0 Å². The number of hydrogen-bond acceptors (Lipinski definition) is 6. The van der Waals surface area contributed by atoms with Gasteiger partial charge < -0.3 is 9.99 Å². The van der Waals surface area contributed by atoms with Crippen LogP contribution < -0.4 is 5.26 Å². The van der Waals surface area contributed by atoms with Crippen molar-refractivity contribution in [3.05, 3.63) is 0 Å². The second-order valence-electron chi connectivity index (χ2n) is 7.43. The van der Waals surface area contributed by atoms with Gasteiger partial charge in [-0.2, -0.15) is 26.3 Å². The molecule has 0 radical (unpaired) electrons. The van der Waals surface area contributed by atoms with E-state index in [0.29, 0.717) is 12.8 Å². The Balaban J connectivity index is 1.79. The summed E-state index contributed by atoms with van der Waals surface area (Å²) in [5.41, 5.74) is -3.21. The number of ether oxygens (including phenoxy) is 1. The van der Waals surface area contributed by atoms with Gasteiger partial charge in [0.15, 0.2) is 0 Å². The maximum absolute atomic E-state index is 13.6. The first-order valence-electron chi connectivity index (χ1n) is 7.76. The van der Waals surface area contributed by atoms with Crippen LogP contribution in [0.2, 0.25) is 0 Å². The van der Waals surface area contributed by atoms with E-state index in [1.807, 2.05) is 0 Å². The van der Waals surface area contributed by atoms with Crippen LogP contribution >= 0.6 is 12.0 Å². The summed E-state index contributed by atoms with van der Waals surface area (Å²) in [5, 5.41) is 8.23. The molecule has 0 aromatic heterocycles. The Kier molecular flexibility index (Phi) is 4.54. The fourth-order valence-corrected chi connectivity index (χ4v) is 5.27. The van der Waals surface area contributed by atoms with Crippen molar-refractivity contribution >= 4 is 18.0 Å². The van der Waals surface area contributed by atoms with Crippen LogP contribution in [0.1, 0.15) is 39.0 Å². The number of esters is 1. The number of alkyl halides is 5.